The summed E-state index contributed by atoms with van der Waals surface area (Å²) < 4.78 is 5.49. The number of anilines is 1. The van der Waals surface area contributed by atoms with Gasteiger partial charge in [0.05, 0.1) is 28.5 Å². The van der Waals surface area contributed by atoms with Crippen molar-refractivity contribution in [3.63, 3.8) is 0 Å². The summed E-state index contributed by atoms with van der Waals surface area (Å²) in [6, 6.07) is 12.5. The monoisotopic (exact) mass is 368 g/mol. The summed E-state index contributed by atoms with van der Waals surface area (Å²) >= 11 is 0. The number of amides is 2. The number of para-hydroxylation sites is 1. The maximum absolute atomic E-state index is 12.6. The number of ether oxygens (including phenoxy) is 1. The third-order valence-electron chi connectivity index (χ3n) is 4.34. The van der Waals surface area contributed by atoms with Gasteiger partial charge in [0.2, 0.25) is 0 Å². The third kappa shape index (κ3) is 4.51. The topological polar surface area (TPSA) is 105 Å². The Hall–Kier alpha value is -3.19. The number of carbonyl (C=O) groups excluding carboxylic acids is 2. The fourth-order valence-corrected chi connectivity index (χ4v) is 2.95. The number of benzene rings is 2. The summed E-state index contributed by atoms with van der Waals surface area (Å²) in [5.41, 5.74) is 0.541. The van der Waals surface area contributed by atoms with Gasteiger partial charge in [-0.05, 0) is 37.1 Å². The number of carboxylic acid groups (broad SMARTS) is 1. The molecule has 1 aliphatic rings. The molecule has 2 aromatic carbocycles. The number of hydrogen-bond donors (Lipinski definition) is 3. The molecule has 0 spiro atoms. The standard InChI is InChI=1S/C20H20N2O5/c23-18(21-12-13-6-5-11-27-13)16-9-3-4-10-17(16)22-19(24)14-7-1-2-8-15(14)20(25)26/h1-4,7-10,13H,5-6,11-12H2,(H,21,23)(H,22,24)(H,25,26)/t13-/m1/s1. The molecule has 0 bridgehead atoms. The van der Waals surface area contributed by atoms with E-state index in [0.717, 1.165) is 12.8 Å². The van der Waals surface area contributed by atoms with Crippen LogP contribution < -0.4 is 10.6 Å². The van der Waals surface area contributed by atoms with Crippen LogP contribution in [0.3, 0.4) is 0 Å². The smallest absolute Gasteiger partial charge is 0.336 e. The van der Waals surface area contributed by atoms with Gasteiger partial charge in [0.15, 0.2) is 0 Å². The third-order valence-corrected chi connectivity index (χ3v) is 4.34. The van der Waals surface area contributed by atoms with Crippen LogP contribution in [0.15, 0.2) is 48.5 Å². The van der Waals surface area contributed by atoms with E-state index in [2.05, 4.69) is 10.6 Å². The van der Waals surface area contributed by atoms with Crippen LogP contribution in [-0.2, 0) is 4.74 Å². The Morgan fingerprint density at radius 2 is 1.63 bits per heavy atom. The lowest BCUT2D eigenvalue weighted by atomic mass is 10.1. The predicted octanol–water partition coefficient (Wildman–Crippen LogP) is 2.55. The Morgan fingerprint density at radius 1 is 0.963 bits per heavy atom. The molecule has 1 aliphatic heterocycles. The van der Waals surface area contributed by atoms with Gasteiger partial charge in [-0.15, -0.1) is 0 Å². The van der Waals surface area contributed by atoms with Gasteiger partial charge in [-0.2, -0.15) is 0 Å². The summed E-state index contributed by atoms with van der Waals surface area (Å²) in [5, 5.41) is 14.7. The van der Waals surface area contributed by atoms with E-state index in [1.54, 1.807) is 36.4 Å². The van der Waals surface area contributed by atoms with Gasteiger partial charge in [0.1, 0.15) is 0 Å². The van der Waals surface area contributed by atoms with Gasteiger partial charge in [-0.3, -0.25) is 9.59 Å². The van der Waals surface area contributed by atoms with Crippen LogP contribution in [0, 0.1) is 0 Å². The molecule has 2 amide bonds. The molecule has 0 saturated carbocycles. The molecule has 140 valence electrons. The van der Waals surface area contributed by atoms with Gasteiger partial charge in [-0.1, -0.05) is 24.3 Å². The van der Waals surface area contributed by atoms with Crippen molar-refractivity contribution in [2.45, 2.75) is 18.9 Å². The van der Waals surface area contributed by atoms with Gasteiger partial charge in [0.25, 0.3) is 11.8 Å². The van der Waals surface area contributed by atoms with E-state index in [9.17, 15) is 19.5 Å². The summed E-state index contributed by atoms with van der Waals surface area (Å²) in [4.78, 5) is 36.4. The second kappa shape index (κ2) is 8.46. The number of hydrogen-bond acceptors (Lipinski definition) is 4. The Labute approximate surface area is 156 Å². The maximum atomic E-state index is 12.6. The van der Waals surface area contributed by atoms with Crippen molar-refractivity contribution >= 4 is 23.5 Å². The SMILES string of the molecule is O=C(NC[C@H]1CCCO1)c1ccccc1NC(=O)c1ccccc1C(=O)O. The highest BCUT2D eigenvalue weighted by Gasteiger charge is 2.20. The zero-order chi connectivity index (χ0) is 19.2. The van der Waals surface area contributed by atoms with Gasteiger partial charge < -0.3 is 20.5 Å². The molecule has 1 heterocycles. The molecule has 1 fully saturated rings. The summed E-state index contributed by atoms with van der Waals surface area (Å²) in [6.07, 6.45) is 1.90. The Kier molecular flexibility index (Phi) is 5.83. The molecule has 0 unspecified atom stereocenters. The maximum Gasteiger partial charge on any atom is 0.336 e. The average molecular weight is 368 g/mol. The van der Waals surface area contributed by atoms with Crippen LogP contribution in [-0.4, -0.2) is 42.1 Å². The highest BCUT2D eigenvalue weighted by atomic mass is 16.5. The van der Waals surface area contributed by atoms with Crippen LogP contribution >= 0.6 is 0 Å². The fourth-order valence-electron chi connectivity index (χ4n) is 2.95. The Morgan fingerprint density at radius 3 is 2.30 bits per heavy atom. The molecule has 27 heavy (non-hydrogen) atoms. The molecular weight excluding hydrogens is 348 g/mol. The molecule has 7 heteroatoms. The van der Waals surface area contributed by atoms with Crippen LogP contribution in [0.5, 0.6) is 0 Å². The van der Waals surface area contributed by atoms with E-state index in [4.69, 9.17) is 4.74 Å². The first kappa shape index (κ1) is 18.6. The summed E-state index contributed by atoms with van der Waals surface area (Å²) in [6.45, 7) is 1.11. The number of carboxylic acids is 1. The minimum Gasteiger partial charge on any atom is -0.478 e. The zero-order valence-electron chi connectivity index (χ0n) is 14.6. The largest absolute Gasteiger partial charge is 0.478 e. The van der Waals surface area contributed by atoms with Crippen molar-refractivity contribution in [2.24, 2.45) is 0 Å². The van der Waals surface area contributed by atoms with Crippen LogP contribution in [0.25, 0.3) is 0 Å². The Balaban J connectivity index is 1.75. The Bertz CT molecular complexity index is 859. The molecule has 1 atom stereocenters. The highest BCUT2D eigenvalue weighted by Crippen LogP contribution is 2.18. The van der Waals surface area contributed by atoms with Crippen molar-refractivity contribution in [3.8, 4) is 0 Å². The number of carbonyl (C=O) groups is 3. The summed E-state index contributed by atoms with van der Waals surface area (Å²) in [5.74, 6) is -2.11. The fraction of sp³-hybridized carbons (Fsp3) is 0.250. The van der Waals surface area contributed by atoms with Crippen molar-refractivity contribution in [1.29, 1.82) is 0 Å². The lowest BCUT2D eigenvalue weighted by molar-refractivity contribution is 0.0692. The molecule has 0 aliphatic carbocycles. The first-order valence-corrected chi connectivity index (χ1v) is 8.69. The average Bonchev–Trinajstić information content (AvgIpc) is 3.20. The normalized spacial score (nSPS) is 15.9. The molecular formula is C20H20N2O5. The van der Waals surface area contributed by atoms with Gasteiger partial charge in [0, 0.05) is 13.2 Å². The predicted molar refractivity (Wildman–Crippen MR) is 99.1 cm³/mol. The quantitative estimate of drug-likeness (QED) is 0.727. The van der Waals surface area contributed by atoms with E-state index in [0.29, 0.717) is 24.4 Å². The molecule has 0 radical (unpaired) electrons. The van der Waals surface area contributed by atoms with Crippen LogP contribution in [0.4, 0.5) is 5.69 Å². The minimum atomic E-state index is -1.19. The van der Waals surface area contributed by atoms with Crippen LogP contribution in [0.1, 0.15) is 43.9 Å². The minimum absolute atomic E-state index is 0.0122. The second-order valence-corrected chi connectivity index (χ2v) is 6.20. The first-order valence-electron chi connectivity index (χ1n) is 8.69. The second-order valence-electron chi connectivity index (χ2n) is 6.20. The van der Waals surface area contributed by atoms with Crippen molar-refractivity contribution in [2.75, 3.05) is 18.5 Å². The van der Waals surface area contributed by atoms with E-state index in [1.807, 2.05) is 0 Å². The highest BCUT2D eigenvalue weighted by molar-refractivity contribution is 6.13. The zero-order valence-corrected chi connectivity index (χ0v) is 14.6. The summed E-state index contributed by atoms with van der Waals surface area (Å²) in [7, 11) is 0. The molecule has 3 N–H and O–H groups in total. The van der Waals surface area contributed by atoms with Crippen LogP contribution in [0.2, 0.25) is 0 Å². The molecule has 3 rings (SSSR count). The molecule has 0 aromatic heterocycles. The van der Waals surface area contributed by atoms with Crippen molar-refractivity contribution in [3.05, 3.63) is 65.2 Å². The van der Waals surface area contributed by atoms with E-state index < -0.39 is 11.9 Å². The molecule has 7 nitrogen and oxygen atoms in total. The first-order chi connectivity index (χ1) is 13.1. The number of aromatic carboxylic acids is 1. The van der Waals surface area contributed by atoms with E-state index in [-0.39, 0.29) is 23.1 Å². The molecule has 2 aromatic rings. The van der Waals surface area contributed by atoms with Gasteiger partial charge >= 0.3 is 5.97 Å². The van der Waals surface area contributed by atoms with Crippen molar-refractivity contribution in [1.82, 2.24) is 5.32 Å². The van der Waals surface area contributed by atoms with E-state index >= 15 is 0 Å². The lowest BCUT2D eigenvalue weighted by Gasteiger charge is -2.14. The number of rotatable bonds is 6. The van der Waals surface area contributed by atoms with Crippen molar-refractivity contribution < 1.29 is 24.2 Å². The molecule has 1 saturated heterocycles. The lowest BCUT2D eigenvalue weighted by Crippen LogP contribution is -2.32. The van der Waals surface area contributed by atoms with E-state index in [1.165, 1.54) is 12.1 Å². The number of nitrogens with one attached hydrogen (secondary N) is 2. The van der Waals surface area contributed by atoms with Gasteiger partial charge in [-0.25, -0.2) is 4.79 Å².